The molecule has 1 heterocycles. The van der Waals surface area contributed by atoms with E-state index in [0.717, 1.165) is 18.7 Å². The zero-order valence-corrected chi connectivity index (χ0v) is 24.1. The Morgan fingerprint density at radius 3 is 2.30 bits per heavy atom. The van der Waals surface area contributed by atoms with Crippen molar-refractivity contribution in [3.63, 3.8) is 0 Å². The van der Waals surface area contributed by atoms with Crippen molar-refractivity contribution in [3.8, 4) is 11.1 Å². The summed E-state index contributed by atoms with van der Waals surface area (Å²) in [5.74, 6) is -1.09. The van der Waals surface area contributed by atoms with E-state index in [1.807, 2.05) is 54.8 Å². The van der Waals surface area contributed by atoms with Gasteiger partial charge < -0.3 is 15.7 Å². The summed E-state index contributed by atoms with van der Waals surface area (Å²) in [6, 6.07) is 21.9. The van der Waals surface area contributed by atoms with Crippen LogP contribution in [0.15, 0.2) is 83.8 Å². The number of rotatable bonds is 12. The third-order valence-corrected chi connectivity index (χ3v) is 9.58. The van der Waals surface area contributed by atoms with Crippen molar-refractivity contribution in [2.24, 2.45) is 0 Å². The first-order valence-corrected chi connectivity index (χ1v) is 16.1. The van der Waals surface area contributed by atoms with E-state index in [9.17, 15) is 23.1 Å². The van der Waals surface area contributed by atoms with Gasteiger partial charge in [0.25, 0.3) is 5.91 Å². The molecule has 1 fully saturated rings. The molecule has 0 unspecified atom stereocenters. The van der Waals surface area contributed by atoms with Crippen LogP contribution >= 0.6 is 11.8 Å². The van der Waals surface area contributed by atoms with Gasteiger partial charge in [-0.25, -0.2) is 13.2 Å². The summed E-state index contributed by atoms with van der Waals surface area (Å²) in [6.45, 7) is 1.72. The Hall–Kier alpha value is -3.18. The monoisotopic (exact) mass is 581 g/mol. The minimum absolute atomic E-state index is 0.0922. The molecule has 0 saturated carbocycles. The van der Waals surface area contributed by atoms with Gasteiger partial charge in [0.1, 0.15) is 6.04 Å². The second kappa shape index (κ2) is 13.9. The van der Waals surface area contributed by atoms with Crippen LogP contribution in [0.3, 0.4) is 0 Å². The maximum absolute atomic E-state index is 14.2. The molecule has 0 radical (unpaired) electrons. The minimum atomic E-state index is -3.94. The molecular weight excluding hydrogens is 546 g/mol. The lowest BCUT2D eigenvalue weighted by Crippen LogP contribution is -2.45. The maximum atomic E-state index is 14.2. The number of carbonyl (C=O) groups excluding carboxylic acids is 1. The zero-order chi connectivity index (χ0) is 28.5. The van der Waals surface area contributed by atoms with Gasteiger partial charge >= 0.3 is 5.97 Å². The number of benzene rings is 3. The normalized spacial score (nSPS) is 15.1. The molecule has 3 aromatic rings. The Balaban J connectivity index is 1.74. The van der Waals surface area contributed by atoms with E-state index in [1.165, 1.54) is 30.0 Å². The quantitative estimate of drug-likeness (QED) is 0.293. The van der Waals surface area contributed by atoms with Crippen molar-refractivity contribution >= 4 is 33.7 Å². The summed E-state index contributed by atoms with van der Waals surface area (Å²) in [5, 5.41) is 15.6. The highest BCUT2D eigenvalue weighted by Gasteiger charge is 2.33. The Kier molecular flexibility index (Phi) is 10.4. The Bertz CT molecular complexity index is 1400. The third kappa shape index (κ3) is 7.31. The number of thioether (sulfide) groups is 1. The van der Waals surface area contributed by atoms with Gasteiger partial charge in [-0.15, -0.1) is 0 Å². The summed E-state index contributed by atoms with van der Waals surface area (Å²) in [5.41, 5.74) is 2.21. The number of carboxylic acids is 1. The van der Waals surface area contributed by atoms with E-state index in [4.69, 9.17) is 0 Å². The summed E-state index contributed by atoms with van der Waals surface area (Å²) >= 11 is 1.50. The summed E-state index contributed by atoms with van der Waals surface area (Å²) < 4.78 is 30.0. The van der Waals surface area contributed by atoms with Crippen molar-refractivity contribution in [3.05, 3.63) is 90.0 Å². The van der Waals surface area contributed by atoms with E-state index in [0.29, 0.717) is 29.7 Å². The molecule has 1 aliphatic heterocycles. The molecule has 40 heavy (non-hydrogen) atoms. The zero-order valence-electron chi connectivity index (χ0n) is 22.5. The van der Waals surface area contributed by atoms with Crippen LogP contribution in [0.2, 0.25) is 0 Å². The van der Waals surface area contributed by atoms with Gasteiger partial charge in [0.05, 0.1) is 4.90 Å². The lowest BCUT2D eigenvalue weighted by molar-refractivity contribution is -0.139. The Morgan fingerprint density at radius 1 is 1.02 bits per heavy atom. The highest BCUT2D eigenvalue weighted by atomic mass is 32.2. The van der Waals surface area contributed by atoms with Gasteiger partial charge in [-0.3, -0.25) is 4.79 Å². The van der Waals surface area contributed by atoms with Crippen LogP contribution in [0.4, 0.5) is 0 Å². The van der Waals surface area contributed by atoms with E-state index in [2.05, 4.69) is 10.6 Å². The van der Waals surface area contributed by atoms with E-state index in [-0.39, 0.29) is 29.5 Å². The van der Waals surface area contributed by atoms with Gasteiger partial charge in [0.15, 0.2) is 0 Å². The van der Waals surface area contributed by atoms with Gasteiger partial charge in [-0.1, -0.05) is 60.7 Å². The predicted molar refractivity (Wildman–Crippen MR) is 159 cm³/mol. The molecule has 0 aromatic heterocycles. The molecular formula is C30H35N3O5S2. The number of carbonyl (C=O) groups is 2. The first-order valence-electron chi connectivity index (χ1n) is 13.3. The van der Waals surface area contributed by atoms with Crippen LogP contribution in [0, 0.1) is 0 Å². The fraction of sp³-hybridized carbons (Fsp3) is 0.333. The van der Waals surface area contributed by atoms with E-state index >= 15 is 0 Å². The fourth-order valence-electron chi connectivity index (χ4n) is 4.87. The number of amides is 1. The number of hydrogen-bond donors (Lipinski definition) is 3. The highest BCUT2D eigenvalue weighted by Crippen LogP contribution is 2.31. The number of nitrogens with zero attached hydrogens (tertiary/aromatic N) is 1. The van der Waals surface area contributed by atoms with Crippen LogP contribution in [0.1, 0.15) is 35.2 Å². The van der Waals surface area contributed by atoms with Gasteiger partial charge in [0.2, 0.25) is 10.0 Å². The molecule has 0 aliphatic carbocycles. The SMILES string of the molecule is CSCC[C@H](NC(=O)c1ccc(S(=O)(=O)N(Cc2ccccc2)C2CCNCC2)cc1-c1ccccc1)C(=O)O. The maximum Gasteiger partial charge on any atom is 0.326 e. The number of nitrogens with one attached hydrogen (secondary N) is 2. The molecule has 0 spiro atoms. The molecule has 3 aromatic carbocycles. The molecule has 0 bridgehead atoms. The standard InChI is InChI=1S/C30H35N3O5S2/c1-39-19-16-28(30(35)36)32-29(34)26-13-12-25(20-27(26)23-10-6-3-7-11-23)40(37,38)33(24-14-17-31-18-15-24)21-22-8-4-2-5-9-22/h2-13,20,24,28,31H,14-19,21H2,1H3,(H,32,34)(H,35,36)/t28-/m0/s1. The van der Waals surface area contributed by atoms with Crippen LogP contribution in [0.25, 0.3) is 11.1 Å². The number of sulfonamides is 1. The second-order valence-electron chi connectivity index (χ2n) is 9.74. The average Bonchev–Trinajstić information content (AvgIpc) is 2.98. The van der Waals surface area contributed by atoms with Gasteiger partial charge in [-0.05, 0) is 79.3 Å². The molecule has 1 saturated heterocycles. The second-order valence-corrected chi connectivity index (χ2v) is 12.6. The largest absolute Gasteiger partial charge is 0.480 e. The Morgan fingerprint density at radius 2 is 1.68 bits per heavy atom. The van der Waals surface area contributed by atoms with Gasteiger partial charge in [-0.2, -0.15) is 16.1 Å². The van der Waals surface area contributed by atoms with Gasteiger partial charge in [0, 0.05) is 18.2 Å². The van der Waals surface area contributed by atoms with Crippen LogP contribution in [-0.2, 0) is 21.4 Å². The predicted octanol–water partition coefficient (Wildman–Crippen LogP) is 4.23. The van der Waals surface area contributed by atoms with Crippen LogP contribution in [-0.4, -0.2) is 66.9 Å². The first kappa shape index (κ1) is 29.8. The summed E-state index contributed by atoms with van der Waals surface area (Å²) in [6.07, 6.45) is 3.55. The lowest BCUT2D eigenvalue weighted by Gasteiger charge is -2.34. The molecule has 10 heteroatoms. The number of hydrogen-bond acceptors (Lipinski definition) is 6. The topological polar surface area (TPSA) is 116 Å². The number of aliphatic carboxylic acids is 1. The average molecular weight is 582 g/mol. The van der Waals surface area contributed by atoms with Crippen molar-refractivity contribution in [1.82, 2.24) is 14.9 Å². The molecule has 8 nitrogen and oxygen atoms in total. The van der Waals surface area contributed by atoms with Crippen molar-refractivity contribution in [2.75, 3.05) is 25.1 Å². The van der Waals surface area contributed by atoms with Crippen LogP contribution < -0.4 is 10.6 Å². The first-order chi connectivity index (χ1) is 19.3. The summed E-state index contributed by atoms with van der Waals surface area (Å²) in [7, 11) is -3.94. The lowest BCUT2D eigenvalue weighted by atomic mass is 9.99. The minimum Gasteiger partial charge on any atom is -0.480 e. The van der Waals surface area contributed by atoms with Crippen molar-refractivity contribution in [1.29, 1.82) is 0 Å². The molecule has 4 rings (SSSR count). The smallest absolute Gasteiger partial charge is 0.326 e. The number of piperidine rings is 1. The molecule has 3 N–H and O–H groups in total. The highest BCUT2D eigenvalue weighted by molar-refractivity contribution is 7.98. The Labute approximate surface area is 240 Å². The number of carboxylic acid groups (broad SMARTS) is 1. The third-order valence-electron chi connectivity index (χ3n) is 7.04. The van der Waals surface area contributed by atoms with Crippen molar-refractivity contribution in [2.45, 2.75) is 42.8 Å². The molecule has 1 aliphatic rings. The molecule has 1 atom stereocenters. The molecule has 1 amide bonds. The molecule has 212 valence electrons. The van der Waals surface area contributed by atoms with Crippen molar-refractivity contribution < 1.29 is 23.1 Å². The summed E-state index contributed by atoms with van der Waals surface area (Å²) in [4.78, 5) is 25.2. The van der Waals surface area contributed by atoms with Crippen LogP contribution in [0.5, 0.6) is 0 Å². The fourth-order valence-corrected chi connectivity index (χ4v) is 7.04. The van der Waals surface area contributed by atoms with E-state index < -0.39 is 27.9 Å². The van der Waals surface area contributed by atoms with E-state index in [1.54, 1.807) is 16.4 Å².